The Balaban J connectivity index is 0. The Morgan fingerprint density at radius 3 is 2.06 bits per heavy atom. The lowest BCUT2D eigenvalue weighted by molar-refractivity contribution is 0.0687. The van der Waals surface area contributed by atoms with Crippen LogP contribution in [0.1, 0.15) is 33.1 Å². The standard InChI is InChI=1S/C8H18O2.C4H10O2/c1-3-4-5-6-10-8-7-9-2;1-2-6-4-3-5/h3-8H2,1-2H3;5H,2-4H2,1H3. The molecule has 1 N–H and O–H groups in total. The smallest absolute Gasteiger partial charge is 0.0700 e. The van der Waals surface area contributed by atoms with Gasteiger partial charge in [0, 0.05) is 20.3 Å². The third kappa shape index (κ3) is 23.6. The van der Waals surface area contributed by atoms with Crippen LogP contribution in [0.25, 0.3) is 0 Å². The largest absolute Gasteiger partial charge is 0.394 e. The first-order valence-corrected chi connectivity index (χ1v) is 6.08. The summed E-state index contributed by atoms with van der Waals surface area (Å²) in [6.45, 7) is 7.72. The van der Waals surface area contributed by atoms with Crippen molar-refractivity contribution in [2.24, 2.45) is 0 Å². The molecule has 100 valence electrons. The lowest BCUT2D eigenvalue weighted by Crippen LogP contribution is -2.02. The molecular formula is C12H28O4. The maximum Gasteiger partial charge on any atom is 0.0700 e. The fourth-order valence-corrected chi connectivity index (χ4v) is 0.907. The SMILES string of the molecule is CCCCCOCCOC.CCOCCO. The Labute approximate surface area is 99.9 Å². The van der Waals surface area contributed by atoms with E-state index in [9.17, 15) is 0 Å². The molecule has 0 aliphatic rings. The van der Waals surface area contributed by atoms with E-state index in [2.05, 4.69) is 6.92 Å². The number of aliphatic hydroxyl groups is 1. The second kappa shape index (κ2) is 20.3. The van der Waals surface area contributed by atoms with Gasteiger partial charge in [0.2, 0.25) is 0 Å². The van der Waals surface area contributed by atoms with Gasteiger partial charge >= 0.3 is 0 Å². The molecular weight excluding hydrogens is 208 g/mol. The van der Waals surface area contributed by atoms with Crippen LogP contribution in [0.4, 0.5) is 0 Å². The van der Waals surface area contributed by atoms with Crippen LogP contribution in [-0.2, 0) is 14.2 Å². The molecule has 0 aliphatic heterocycles. The topological polar surface area (TPSA) is 47.9 Å². The minimum absolute atomic E-state index is 0.133. The Morgan fingerprint density at radius 2 is 1.62 bits per heavy atom. The van der Waals surface area contributed by atoms with Crippen LogP contribution in [0, 0.1) is 0 Å². The summed E-state index contributed by atoms with van der Waals surface area (Å²) in [4.78, 5) is 0. The quantitative estimate of drug-likeness (QED) is 0.588. The zero-order chi connectivity index (χ0) is 12.5. The normalized spacial score (nSPS) is 9.75. The molecule has 0 rings (SSSR count). The zero-order valence-electron chi connectivity index (χ0n) is 11.0. The molecule has 0 aliphatic carbocycles. The van der Waals surface area contributed by atoms with Gasteiger partial charge in [0.15, 0.2) is 0 Å². The van der Waals surface area contributed by atoms with Crippen molar-refractivity contribution in [1.29, 1.82) is 0 Å². The number of hydrogen-bond acceptors (Lipinski definition) is 4. The van der Waals surface area contributed by atoms with Crippen LogP contribution in [0.2, 0.25) is 0 Å². The summed E-state index contributed by atoms with van der Waals surface area (Å²) in [6.07, 6.45) is 3.71. The molecule has 0 saturated carbocycles. The first-order valence-electron chi connectivity index (χ1n) is 6.08. The van der Waals surface area contributed by atoms with Gasteiger partial charge in [-0.1, -0.05) is 19.8 Å². The highest BCUT2D eigenvalue weighted by Gasteiger charge is 1.86. The molecule has 0 spiro atoms. The minimum atomic E-state index is 0.133. The van der Waals surface area contributed by atoms with Crippen LogP contribution in [-0.4, -0.2) is 51.9 Å². The van der Waals surface area contributed by atoms with Crippen molar-refractivity contribution in [2.75, 3.05) is 46.8 Å². The Kier molecular flexibility index (Phi) is 23.1. The number of ether oxygens (including phenoxy) is 3. The van der Waals surface area contributed by atoms with Crippen LogP contribution < -0.4 is 0 Å². The average molecular weight is 236 g/mol. The first-order chi connectivity index (χ1) is 7.83. The maximum absolute atomic E-state index is 8.07. The monoisotopic (exact) mass is 236 g/mol. The summed E-state index contributed by atoms with van der Waals surface area (Å²) in [6, 6.07) is 0. The van der Waals surface area contributed by atoms with Crippen molar-refractivity contribution < 1.29 is 19.3 Å². The van der Waals surface area contributed by atoms with E-state index < -0.39 is 0 Å². The molecule has 0 aromatic carbocycles. The summed E-state index contributed by atoms with van der Waals surface area (Å²) in [5.41, 5.74) is 0. The van der Waals surface area contributed by atoms with E-state index in [1.807, 2.05) is 6.92 Å². The van der Waals surface area contributed by atoms with E-state index in [1.165, 1.54) is 19.3 Å². The van der Waals surface area contributed by atoms with Gasteiger partial charge in [0.1, 0.15) is 0 Å². The number of hydrogen-bond donors (Lipinski definition) is 1. The van der Waals surface area contributed by atoms with Crippen LogP contribution in [0.15, 0.2) is 0 Å². The van der Waals surface area contributed by atoms with Crippen molar-refractivity contribution in [2.45, 2.75) is 33.1 Å². The molecule has 0 unspecified atom stereocenters. The van der Waals surface area contributed by atoms with Gasteiger partial charge in [-0.05, 0) is 13.3 Å². The fraction of sp³-hybridized carbons (Fsp3) is 1.00. The average Bonchev–Trinajstić information content (AvgIpc) is 2.32. The van der Waals surface area contributed by atoms with Crippen molar-refractivity contribution >= 4 is 0 Å². The molecule has 4 heteroatoms. The molecule has 0 saturated heterocycles. The number of methoxy groups -OCH3 is 1. The summed E-state index contributed by atoms with van der Waals surface area (Å²) < 4.78 is 14.8. The molecule has 0 fully saturated rings. The Hall–Kier alpha value is -0.160. The van der Waals surface area contributed by atoms with Crippen molar-refractivity contribution in [3.8, 4) is 0 Å². The van der Waals surface area contributed by atoms with Crippen LogP contribution >= 0.6 is 0 Å². The molecule has 0 amide bonds. The minimum Gasteiger partial charge on any atom is -0.394 e. The maximum atomic E-state index is 8.07. The van der Waals surface area contributed by atoms with Gasteiger partial charge in [-0.2, -0.15) is 0 Å². The van der Waals surface area contributed by atoms with Gasteiger partial charge in [-0.3, -0.25) is 0 Å². The van der Waals surface area contributed by atoms with Crippen molar-refractivity contribution in [3.63, 3.8) is 0 Å². The molecule has 0 atom stereocenters. The first kappa shape index (κ1) is 18.2. The summed E-state index contributed by atoms with van der Waals surface area (Å²) in [7, 11) is 1.69. The van der Waals surface area contributed by atoms with Gasteiger partial charge in [0.25, 0.3) is 0 Å². The number of unbranched alkanes of at least 4 members (excludes halogenated alkanes) is 2. The van der Waals surface area contributed by atoms with E-state index in [4.69, 9.17) is 19.3 Å². The van der Waals surface area contributed by atoms with Crippen molar-refractivity contribution in [3.05, 3.63) is 0 Å². The number of rotatable bonds is 10. The highest BCUT2D eigenvalue weighted by Crippen LogP contribution is 1.93. The molecule has 0 aromatic heterocycles. The summed E-state index contributed by atoms with van der Waals surface area (Å²) >= 11 is 0. The Morgan fingerprint density at radius 1 is 0.875 bits per heavy atom. The van der Waals surface area contributed by atoms with E-state index in [-0.39, 0.29) is 6.61 Å². The highest BCUT2D eigenvalue weighted by molar-refractivity contribution is 4.35. The third-order valence-corrected chi connectivity index (χ3v) is 1.76. The molecule has 0 heterocycles. The molecule has 0 bridgehead atoms. The zero-order valence-corrected chi connectivity index (χ0v) is 11.0. The van der Waals surface area contributed by atoms with Gasteiger partial charge in [0.05, 0.1) is 26.4 Å². The van der Waals surface area contributed by atoms with E-state index in [0.717, 1.165) is 13.2 Å². The van der Waals surface area contributed by atoms with Crippen LogP contribution in [0.3, 0.4) is 0 Å². The lowest BCUT2D eigenvalue weighted by Gasteiger charge is -2.01. The van der Waals surface area contributed by atoms with E-state index in [1.54, 1.807) is 7.11 Å². The number of aliphatic hydroxyl groups excluding tert-OH is 1. The summed E-state index contributed by atoms with van der Waals surface area (Å²) in [5, 5.41) is 8.07. The molecule has 0 aromatic rings. The predicted molar refractivity (Wildman–Crippen MR) is 65.8 cm³/mol. The summed E-state index contributed by atoms with van der Waals surface area (Å²) in [5.74, 6) is 0. The molecule has 0 radical (unpaired) electrons. The van der Waals surface area contributed by atoms with Gasteiger partial charge < -0.3 is 19.3 Å². The predicted octanol–water partition coefficient (Wildman–Crippen LogP) is 1.85. The van der Waals surface area contributed by atoms with Crippen molar-refractivity contribution in [1.82, 2.24) is 0 Å². The third-order valence-electron chi connectivity index (χ3n) is 1.76. The highest BCUT2D eigenvalue weighted by atomic mass is 16.5. The van der Waals surface area contributed by atoms with E-state index >= 15 is 0 Å². The van der Waals surface area contributed by atoms with E-state index in [0.29, 0.717) is 19.8 Å². The molecule has 4 nitrogen and oxygen atoms in total. The second-order valence-corrected chi connectivity index (χ2v) is 3.23. The Bertz CT molecular complexity index is 87.0. The van der Waals surface area contributed by atoms with Gasteiger partial charge in [-0.25, -0.2) is 0 Å². The van der Waals surface area contributed by atoms with Gasteiger partial charge in [-0.15, -0.1) is 0 Å². The lowest BCUT2D eigenvalue weighted by atomic mass is 10.3. The second-order valence-electron chi connectivity index (χ2n) is 3.23. The fourth-order valence-electron chi connectivity index (χ4n) is 0.907. The van der Waals surface area contributed by atoms with Crippen LogP contribution in [0.5, 0.6) is 0 Å². The molecule has 16 heavy (non-hydrogen) atoms.